The summed E-state index contributed by atoms with van der Waals surface area (Å²) in [4.78, 5) is 4.53. The predicted octanol–water partition coefficient (Wildman–Crippen LogP) is 6.29. The zero-order valence-corrected chi connectivity index (χ0v) is 20.4. The Bertz CT molecular complexity index is 1170. The molecular formula is C26H24Cl3N3O. The van der Waals surface area contributed by atoms with Gasteiger partial charge in [-0.1, -0.05) is 59.1 Å². The van der Waals surface area contributed by atoms with Crippen molar-refractivity contribution in [3.05, 3.63) is 98.5 Å². The van der Waals surface area contributed by atoms with Gasteiger partial charge in [0.1, 0.15) is 0 Å². The molecule has 3 aromatic rings. The molecule has 1 N–H and O–H groups in total. The van der Waals surface area contributed by atoms with Crippen LogP contribution in [0, 0.1) is 11.3 Å². The maximum Gasteiger partial charge on any atom is 0.0995 e. The SMILES string of the molecule is C[C@@](O)(CN1CCN(c2ccc(Cl)cc2Cl)[C@H](c2ccc(Cl)cc2)C1)c1cccc(C#N)c1. The summed E-state index contributed by atoms with van der Waals surface area (Å²) in [7, 11) is 0. The Balaban J connectivity index is 1.62. The third-order valence-electron chi connectivity index (χ3n) is 6.08. The molecule has 1 saturated heterocycles. The predicted molar refractivity (Wildman–Crippen MR) is 135 cm³/mol. The number of β-amino-alcohol motifs (C(OH)–C–C–N with tert-alkyl or cyclic N) is 1. The molecule has 1 heterocycles. The fraction of sp³-hybridized carbons (Fsp3) is 0.269. The molecule has 0 amide bonds. The zero-order valence-electron chi connectivity index (χ0n) is 18.2. The van der Waals surface area contributed by atoms with Crippen molar-refractivity contribution in [1.82, 2.24) is 4.90 Å². The smallest absolute Gasteiger partial charge is 0.0995 e. The van der Waals surface area contributed by atoms with Gasteiger partial charge < -0.3 is 10.0 Å². The van der Waals surface area contributed by atoms with Crippen LogP contribution in [0.25, 0.3) is 0 Å². The van der Waals surface area contributed by atoms with Crippen molar-refractivity contribution in [2.45, 2.75) is 18.6 Å². The normalized spacial score (nSPS) is 18.5. The molecule has 33 heavy (non-hydrogen) atoms. The number of hydrogen-bond donors (Lipinski definition) is 1. The third kappa shape index (κ3) is 5.46. The summed E-state index contributed by atoms with van der Waals surface area (Å²) >= 11 is 18.8. The van der Waals surface area contributed by atoms with E-state index < -0.39 is 5.60 Å². The molecule has 0 saturated carbocycles. The van der Waals surface area contributed by atoms with E-state index in [1.807, 2.05) is 42.5 Å². The lowest BCUT2D eigenvalue weighted by atomic mass is 9.92. The largest absolute Gasteiger partial charge is 0.384 e. The molecule has 170 valence electrons. The molecule has 0 bridgehead atoms. The van der Waals surface area contributed by atoms with Gasteiger partial charge in [0.25, 0.3) is 0 Å². The van der Waals surface area contributed by atoms with Gasteiger partial charge >= 0.3 is 0 Å². The van der Waals surface area contributed by atoms with Gasteiger partial charge in [-0.2, -0.15) is 5.26 Å². The number of anilines is 1. The van der Waals surface area contributed by atoms with Crippen LogP contribution >= 0.6 is 34.8 Å². The molecule has 1 aliphatic heterocycles. The highest BCUT2D eigenvalue weighted by molar-refractivity contribution is 6.36. The average molecular weight is 501 g/mol. The quantitative estimate of drug-likeness (QED) is 0.447. The number of aliphatic hydroxyl groups is 1. The molecule has 1 aliphatic rings. The molecule has 7 heteroatoms. The van der Waals surface area contributed by atoms with Crippen molar-refractivity contribution in [2.75, 3.05) is 31.1 Å². The van der Waals surface area contributed by atoms with Crippen molar-refractivity contribution >= 4 is 40.5 Å². The number of nitrogens with zero attached hydrogens (tertiary/aromatic N) is 3. The lowest BCUT2D eigenvalue weighted by molar-refractivity contribution is 0.0103. The summed E-state index contributed by atoms with van der Waals surface area (Å²) in [5, 5.41) is 22.4. The van der Waals surface area contributed by atoms with Crippen LogP contribution in [0.15, 0.2) is 66.7 Å². The standard InChI is InChI=1S/C26H24Cl3N3O/c1-26(33,20-4-2-3-18(13-20)15-30)17-31-11-12-32(24-10-9-22(28)14-23(24)29)25(16-31)19-5-7-21(27)8-6-19/h2-10,13-14,25,33H,11-12,16-17H2,1H3/t25-,26+/m0/s1. The Labute approximate surface area is 209 Å². The maximum atomic E-state index is 11.3. The fourth-order valence-corrected chi connectivity index (χ4v) is 5.05. The van der Waals surface area contributed by atoms with Gasteiger partial charge in [-0.15, -0.1) is 0 Å². The van der Waals surface area contributed by atoms with Crippen LogP contribution in [0.5, 0.6) is 0 Å². The summed E-state index contributed by atoms with van der Waals surface area (Å²) < 4.78 is 0. The monoisotopic (exact) mass is 499 g/mol. The topological polar surface area (TPSA) is 50.5 Å². The number of piperazine rings is 1. The number of halogens is 3. The van der Waals surface area contributed by atoms with Crippen LogP contribution in [0.4, 0.5) is 5.69 Å². The Morgan fingerprint density at radius 1 is 1.00 bits per heavy atom. The van der Waals surface area contributed by atoms with E-state index in [0.29, 0.717) is 33.7 Å². The highest BCUT2D eigenvalue weighted by atomic mass is 35.5. The lowest BCUT2D eigenvalue weighted by Crippen LogP contribution is -2.52. The van der Waals surface area contributed by atoms with Crippen molar-refractivity contribution in [3.8, 4) is 6.07 Å². The van der Waals surface area contributed by atoms with Crippen molar-refractivity contribution in [2.24, 2.45) is 0 Å². The van der Waals surface area contributed by atoms with E-state index in [9.17, 15) is 10.4 Å². The molecule has 0 unspecified atom stereocenters. The molecule has 0 radical (unpaired) electrons. The van der Waals surface area contributed by atoms with Crippen molar-refractivity contribution < 1.29 is 5.11 Å². The van der Waals surface area contributed by atoms with E-state index in [2.05, 4.69) is 15.9 Å². The molecule has 4 nitrogen and oxygen atoms in total. The first-order valence-corrected chi connectivity index (χ1v) is 11.8. The molecule has 0 aliphatic carbocycles. The number of hydrogen-bond acceptors (Lipinski definition) is 4. The first-order valence-electron chi connectivity index (χ1n) is 10.7. The van der Waals surface area contributed by atoms with Crippen LogP contribution in [-0.4, -0.2) is 36.2 Å². The number of benzene rings is 3. The van der Waals surface area contributed by atoms with Gasteiger partial charge in [-0.3, -0.25) is 4.90 Å². The third-order valence-corrected chi connectivity index (χ3v) is 6.87. The molecular weight excluding hydrogens is 477 g/mol. The van der Waals surface area contributed by atoms with Crippen LogP contribution in [-0.2, 0) is 5.60 Å². The van der Waals surface area contributed by atoms with Gasteiger partial charge in [0.2, 0.25) is 0 Å². The van der Waals surface area contributed by atoms with Gasteiger partial charge in [0.05, 0.1) is 34.0 Å². The molecule has 3 aromatic carbocycles. The van der Waals surface area contributed by atoms with Crippen LogP contribution in [0.2, 0.25) is 15.1 Å². The second-order valence-corrected chi connectivity index (χ2v) is 9.84. The summed E-state index contributed by atoms with van der Waals surface area (Å²) in [6.45, 7) is 4.39. The van der Waals surface area contributed by atoms with Gasteiger partial charge in [0.15, 0.2) is 0 Å². The number of rotatable bonds is 5. The maximum absolute atomic E-state index is 11.3. The van der Waals surface area contributed by atoms with Gasteiger partial charge in [0, 0.05) is 36.2 Å². The minimum atomic E-state index is -1.10. The molecule has 1 fully saturated rings. The second kappa shape index (κ2) is 9.93. The Morgan fingerprint density at radius 3 is 2.42 bits per heavy atom. The summed E-state index contributed by atoms with van der Waals surface area (Å²) in [6, 6.07) is 22.7. The Hall–Kier alpha value is -2.26. The van der Waals surface area contributed by atoms with Crippen LogP contribution < -0.4 is 4.90 Å². The van der Waals surface area contributed by atoms with E-state index in [1.54, 1.807) is 31.2 Å². The zero-order chi connectivity index (χ0) is 23.6. The van der Waals surface area contributed by atoms with Crippen LogP contribution in [0.3, 0.4) is 0 Å². The molecule has 4 rings (SSSR count). The lowest BCUT2D eigenvalue weighted by Gasteiger charge is -2.45. The van der Waals surface area contributed by atoms with Gasteiger partial charge in [-0.05, 0) is 60.5 Å². The Kier molecular flexibility index (Phi) is 7.19. The highest BCUT2D eigenvalue weighted by Crippen LogP contribution is 2.37. The van der Waals surface area contributed by atoms with E-state index in [0.717, 1.165) is 29.9 Å². The molecule has 0 aromatic heterocycles. The highest BCUT2D eigenvalue weighted by Gasteiger charge is 2.34. The first-order chi connectivity index (χ1) is 15.8. The molecule has 0 spiro atoms. The summed E-state index contributed by atoms with van der Waals surface area (Å²) in [5.74, 6) is 0. The van der Waals surface area contributed by atoms with E-state index >= 15 is 0 Å². The minimum Gasteiger partial charge on any atom is -0.384 e. The number of nitriles is 1. The second-order valence-electron chi connectivity index (χ2n) is 8.56. The minimum absolute atomic E-state index is 0.0101. The average Bonchev–Trinajstić information content (AvgIpc) is 2.80. The summed E-state index contributed by atoms with van der Waals surface area (Å²) in [6.07, 6.45) is 0. The van der Waals surface area contributed by atoms with E-state index in [-0.39, 0.29) is 6.04 Å². The molecule has 2 atom stereocenters. The van der Waals surface area contributed by atoms with E-state index in [4.69, 9.17) is 34.8 Å². The van der Waals surface area contributed by atoms with E-state index in [1.165, 1.54) is 0 Å². The summed E-state index contributed by atoms with van der Waals surface area (Å²) in [5.41, 5.74) is 2.20. The first kappa shape index (κ1) is 23.9. The van der Waals surface area contributed by atoms with Gasteiger partial charge in [-0.25, -0.2) is 0 Å². The van der Waals surface area contributed by atoms with Crippen LogP contribution in [0.1, 0.15) is 29.7 Å². The van der Waals surface area contributed by atoms with Crippen molar-refractivity contribution in [1.29, 1.82) is 5.26 Å². The van der Waals surface area contributed by atoms with Crippen molar-refractivity contribution in [3.63, 3.8) is 0 Å². The Morgan fingerprint density at radius 2 is 1.73 bits per heavy atom. The fourth-order valence-electron chi connectivity index (χ4n) is 4.41.